The Labute approximate surface area is 72.2 Å². The second-order valence-corrected chi connectivity index (χ2v) is 2.05. The number of nitrogens with two attached hydrogens (primary N) is 1. The zero-order valence-electron chi connectivity index (χ0n) is 7.33. The van der Waals surface area contributed by atoms with E-state index in [4.69, 9.17) is 5.73 Å². The van der Waals surface area contributed by atoms with Crippen molar-refractivity contribution in [2.45, 2.75) is 6.92 Å². The molecule has 0 aliphatic carbocycles. The summed E-state index contributed by atoms with van der Waals surface area (Å²) in [5, 5.41) is 0. The van der Waals surface area contributed by atoms with E-state index >= 15 is 0 Å². The van der Waals surface area contributed by atoms with Gasteiger partial charge in [-0.2, -0.15) is 0 Å². The predicted octanol–water partition coefficient (Wildman–Crippen LogP) is 1.13. The minimum Gasteiger partial charge on any atom is -0.465 e. The summed E-state index contributed by atoms with van der Waals surface area (Å²) < 4.78 is 4.51. The van der Waals surface area contributed by atoms with Crippen molar-refractivity contribution in [2.75, 3.05) is 7.11 Å². The lowest BCUT2D eigenvalue weighted by atomic mass is 10.2. The third-order valence-corrected chi connectivity index (χ3v) is 1.30. The van der Waals surface area contributed by atoms with Gasteiger partial charge in [0.25, 0.3) is 0 Å². The molecule has 0 fully saturated rings. The zero-order chi connectivity index (χ0) is 9.56. The number of hydrogen-bond donors (Lipinski definition) is 1. The van der Waals surface area contributed by atoms with Crippen LogP contribution in [0.25, 0.3) is 0 Å². The maximum absolute atomic E-state index is 11.0. The number of esters is 1. The number of ether oxygens (including phenoxy) is 1. The van der Waals surface area contributed by atoms with Gasteiger partial charge in [0.1, 0.15) is 0 Å². The Kier molecular flexibility index (Phi) is 4.53. The molecule has 0 amide bonds. The molecule has 0 saturated heterocycles. The molecule has 0 atom stereocenters. The van der Waals surface area contributed by atoms with Crippen LogP contribution >= 0.6 is 0 Å². The summed E-state index contributed by atoms with van der Waals surface area (Å²) >= 11 is 0. The normalized spacial score (nSPS) is 12.5. The lowest BCUT2D eigenvalue weighted by molar-refractivity contribution is -0.135. The van der Waals surface area contributed by atoms with Crippen LogP contribution in [0, 0.1) is 0 Å². The van der Waals surface area contributed by atoms with Crippen molar-refractivity contribution in [1.82, 2.24) is 0 Å². The van der Waals surface area contributed by atoms with E-state index in [2.05, 4.69) is 11.3 Å². The molecule has 66 valence electrons. The molecule has 0 aliphatic heterocycles. The van der Waals surface area contributed by atoms with E-state index < -0.39 is 5.97 Å². The monoisotopic (exact) mass is 167 g/mol. The van der Waals surface area contributed by atoms with Gasteiger partial charge < -0.3 is 10.5 Å². The SMILES string of the molecule is C=C/C=C(N)\C(=C/C)C(=O)OC. The summed E-state index contributed by atoms with van der Waals surface area (Å²) in [5.74, 6) is -0.437. The van der Waals surface area contributed by atoms with Crippen molar-refractivity contribution < 1.29 is 9.53 Å². The van der Waals surface area contributed by atoms with Crippen LogP contribution in [0.5, 0.6) is 0 Å². The van der Waals surface area contributed by atoms with E-state index in [9.17, 15) is 4.79 Å². The summed E-state index contributed by atoms with van der Waals surface area (Å²) in [6.07, 6.45) is 4.66. The number of carbonyl (C=O) groups excluding carboxylic acids is 1. The van der Waals surface area contributed by atoms with Crippen LogP contribution in [-0.2, 0) is 9.53 Å². The van der Waals surface area contributed by atoms with Crippen molar-refractivity contribution in [2.24, 2.45) is 5.73 Å². The first-order valence-electron chi connectivity index (χ1n) is 3.50. The second-order valence-electron chi connectivity index (χ2n) is 2.05. The third-order valence-electron chi connectivity index (χ3n) is 1.30. The van der Waals surface area contributed by atoms with Crippen molar-refractivity contribution in [3.05, 3.63) is 36.1 Å². The highest BCUT2D eigenvalue weighted by Gasteiger charge is 2.09. The maximum atomic E-state index is 11.0. The van der Waals surface area contributed by atoms with E-state index in [-0.39, 0.29) is 0 Å². The fourth-order valence-electron chi connectivity index (χ4n) is 0.729. The van der Waals surface area contributed by atoms with Crippen LogP contribution in [0.4, 0.5) is 0 Å². The van der Waals surface area contributed by atoms with Gasteiger partial charge in [-0.15, -0.1) is 0 Å². The maximum Gasteiger partial charge on any atom is 0.339 e. The smallest absolute Gasteiger partial charge is 0.339 e. The summed E-state index contributed by atoms with van der Waals surface area (Å²) in [4.78, 5) is 11.0. The Morgan fingerprint density at radius 1 is 1.58 bits per heavy atom. The minimum absolute atomic E-state index is 0.359. The summed E-state index contributed by atoms with van der Waals surface area (Å²) in [5.41, 5.74) is 6.26. The van der Waals surface area contributed by atoms with E-state index in [0.717, 1.165) is 0 Å². The Bertz CT molecular complexity index is 239. The lowest BCUT2D eigenvalue weighted by Crippen LogP contribution is -2.12. The van der Waals surface area contributed by atoms with Gasteiger partial charge in [-0.1, -0.05) is 18.7 Å². The zero-order valence-corrected chi connectivity index (χ0v) is 7.33. The van der Waals surface area contributed by atoms with Gasteiger partial charge in [0.15, 0.2) is 0 Å². The molecule has 0 aromatic rings. The Balaban J connectivity index is 4.70. The van der Waals surface area contributed by atoms with E-state index in [1.165, 1.54) is 13.2 Å². The number of allylic oxidation sites excluding steroid dienone is 3. The molecule has 0 unspecified atom stereocenters. The fourth-order valence-corrected chi connectivity index (χ4v) is 0.729. The number of hydrogen-bond acceptors (Lipinski definition) is 3. The highest BCUT2D eigenvalue weighted by Crippen LogP contribution is 2.05. The van der Waals surface area contributed by atoms with Gasteiger partial charge in [0.2, 0.25) is 0 Å². The van der Waals surface area contributed by atoms with Crippen molar-refractivity contribution >= 4 is 5.97 Å². The molecule has 0 rings (SSSR count). The molecular formula is C9H13NO2. The van der Waals surface area contributed by atoms with Gasteiger partial charge in [0.05, 0.1) is 12.7 Å². The molecule has 3 nitrogen and oxygen atoms in total. The summed E-state index contributed by atoms with van der Waals surface area (Å²) in [7, 11) is 1.31. The molecule has 0 aromatic carbocycles. The average molecular weight is 167 g/mol. The van der Waals surface area contributed by atoms with Gasteiger partial charge in [-0.05, 0) is 13.0 Å². The first-order chi connectivity index (χ1) is 5.67. The van der Waals surface area contributed by atoms with E-state index in [1.54, 1.807) is 19.1 Å². The Hall–Kier alpha value is -1.51. The lowest BCUT2D eigenvalue weighted by Gasteiger charge is -2.03. The first-order valence-corrected chi connectivity index (χ1v) is 3.50. The predicted molar refractivity (Wildman–Crippen MR) is 48.2 cm³/mol. The molecular weight excluding hydrogens is 154 g/mol. The fraction of sp³-hybridized carbons (Fsp3) is 0.222. The average Bonchev–Trinajstić information content (AvgIpc) is 2.06. The molecule has 0 radical (unpaired) electrons. The third kappa shape index (κ3) is 2.62. The minimum atomic E-state index is -0.437. The van der Waals surface area contributed by atoms with Gasteiger partial charge in [-0.25, -0.2) is 4.79 Å². The summed E-state index contributed by atoms with van der Waals surface area (Å²) in [6.45, 7) is 5.19. The molecule has 12 heavy (non-hydrogen) atoms. The Morgan fingerprint density at radius 3 is 2.50 bits per heavy atom. The second kappa shape index (κ2) is 5.18. The highest BCUT2D eigenvalue weighted by atomic mass is 16.5. The van der Waals surface area contributed by atoms with Crippen LogP contribution in [0.3, 0.4) is 0 Å². The van der Waals surface area contributed by atoms with Crippen molar-refractivity contribution in [1.29, 1.82) is 0 Å². The number of carbonyl (C=O) groups is 1. The van der Waals surface area contributed by atoms with E-state index in [1.807, 2.05) is 0 Å². The molecule has 0 saturated carbocycles. The Morgan fingerprint density at radius 2 is 2.17 bits per heavy atom. The standard InChI is InChI=1S/C9H13NO2/c1-4-6-8(10)7(5-2)9(11)12-3/h4-6H,1,10H2,2-3H3/b7-5+,8-6+. The quantitative estimate of drug-likeness (QED) is 0.389. The number of methoxy groups -OCH3 is 1. The molecule has 0 bridgehead atoms. The van der Waals surface area contributed by atoms with Crippen LogP contribution in [-0.4, -0.2) is 13.1 Å². The molecule has 3 heteroatoms. The van der Waals surface area contributed by atoms with E-state index in [0.29, 0.717) is 11.3 Å². The van der Waals surface area contributed by atoms with Crippen molar-refractivity contribution in [3.8, 4) is 0 Å². The molecule has 0 aromatic heterocycles. The van der Waals surface area contributed by atoms with Crippen LogP contribution in [0.2, 0.25) is 0 Å². The van der Waals surface area contributed by atoms with Gasteiger partial charge in [-0.3, -0.25) is 0 Å². The topological polar surface area (TPSA) is 52.3 Å². The summed E-state index contributed by atoms with van der Waals surface area (Å²) in [6, 6.07) is 0. The van der Waals surface area contributed by atoms with Gasteiger partial charge >= 0.3 is 5.97 Å². The van der Waals surface area contributed by atoms with Crippen LogP contribution in [0.1, 0.15) is 6.92 Å². The molecule has 0 heterocycles. The van der Waals surface area contributed by atoms with Crippen LogP contribution < -0.4 is 5.73 Å². The molecule has 2 N–H and O–H groups in total. The highest BCUT2D eigenvalue weighted by molar-refractivity contribution is 5.92. The number of rotatable bonds is 3. The van der Waals surface area contributed by atoms with Gasteiger partial charge in [0, 0.05) is 5.70 Å². The molecule has 0 spiro atoms. The largest absolute Gasteiger partial charge is 0.465 e. The van der Waals surface area contributed by atoms with Crippen molar-refractivity contribution in [3.63, 3.8) is 0 Å². The van der Waals surface area contributed by atoms with Crippen LogP contribution in [0.15, 0.2) is 36.1 Å². The first kappa shape index (κ1) is 10.5. The molecule has 0 aliphatic rings.